The lowest BCUT2D eigenvalue weighted by atomic mass is 10.2. The number of hydrogen-bond acceptors (Lipinski definition) is 7. The number of hydrogen-bond donors (Lipinski definition) is 1. The molecule has 0 aliphatic rings. The maximum Gasteiger partial charge on any atom is 0.252 e. The first-order chi connectivity index (χ1) is 10.2. The Labute approximate surface area is 121 Å². The fraction of sp³-hybridized carbons (Fsp3) is 0.214. The van der Waals surface area contributed by atoms with Crippen molar-refractivity contribution in [2.75, 3.05) is 19.6 Å². The highest BCUT2D eigenvalue weighted by molar-refractivity contribution is 5.81. The number of aryl methyl sites for hydroxylation is 1. The Morgan fingerprint density at radius 1 is 1.33 bits per heavy atom. The Morgan fingerprint density at radius 3 is 2.76 bits per heavy atom. The molecule has 1 aromatic heterocycles. The zero-order valence-electron chi connectivity index (χ0n) is 11.9. The normalized spacial score (nSPS) is 10.4. The van der Waals surface area contributed by atoms with Crippen LogP contribution in [0.4, 0.5) is 5.88 Å². The van der Waals surface area contributed by atoms with E-state index in [1.165, 1.54) is 0 Å². The lowest BCUT2D eigenvalue weighted by Crippen LogP contribution is -1.94. The van der Waals surface area contributed by atoms with Crippen molar-refractivity contribution in [3.05, 3.63) is 35.3 Å². The number of ether oxygens (including phenoxy) is 2. The SMILES string of the molecule is COc1ccc(C=NNc2oc(C)nc2C#N)cc1OC. The van der Waals surface area contributed by atoms with E-state index in [1.807, 2.05) is 12.1 Å². The molecule has 0 aliphatic carbocycles. The minimum atomic E-state index is 0.164. The zero-order valence-corrected chi connectivity index (χ0v) is 11.9. The van der Waals surface area contributed by atoms with E-state index in [9.17, 15) is 0 Å². The van der Waals surface area contributed by atoms with Crippen LogP contribution < -0.4 is 14.9 Å². The number of nitrogens with zero attached hydrogens (tertiary/aromatic N) is 3. The second kappa shape index (κ2) is 6.43. The van der Waals surface area contributed by atoms with Crippen LogP contribution in [-0.2, 0) is 0 Å². The van der Waals surface area contributed by atoms with Crippen LogP contribution in [0, 0.1) is 18.3 Å². The number of hydrazone groups is 1. The molecule has 1 aromatic carbocycles. The van der Waals surface area contributed by atoms with Crippen molar-refractivity contribution in [1.29, 1.82) is 5.26 Å². The van der Waals surface area contributed by atoms with Gasteiger partial charge in [0, 0.05) is 6.92 Å². The summed E-state index contributed by atoms with van der Waals surface area (Å²) in [5, 5.41) is 12.9. The van der Waals surface area contributed by atoms with Crippen LogP contribution in [0.15, 0.2) is 27.7 Å². The average Bonchev–Trinajstić information content (AvgIpc) is 2.87. The molecule has 0 saturated heterocycles. The molecule has 0 spiro atoms. The first-order valence-corrected chi connectivity index (χ1v) is 6.06. The summed E-state index contributed by atoms with van der Waals surface area (Å²) in [6, 6.07) is 7.30. The number of benzene rings is 1. The van der Waals surface area contributed by atoms with Crippen LogP contribution in [0.3, 0.4) is 0 Å². The van der Waals surface area contributed by atoms with Crippen LogP contribution in [0.1, 0.15) is 17.1 Å². The van der Waals surface area contributed by atoms with Crippen LogP contribution in [-0.4, -0.2) is 25.4 Å². The van der Waals surface area contributed by atoms with E-state index in [4.69, 9.17) is 19.2 Å². The molecule has 0 radical (unpaired) electrons. The van der Waals surface area contributed by atoms with E-state index in [-0.39, 0.29) is 11.6 Å². The maximum absolute atomic E-state index is 8.88. The number of nitriles is 1. The molecule has 0 amide bonds. The van der Waals surface area contributed by atoms with Gasteiger partial charge in [0.15, 0.2) is 17.4 Å². The van der Waals surface area contributed by atoms with Crippen molar-refractivity contribution in [3.63, 3.8) is 0 Å². The molecule has 21 heavy (non-hydrogen) atoms. The lowest BCUT2D eigenvalue weighted by Gasteiger charge is -2.07. The summed E-state index contributed by atoms with van der Waals surface area (Å²) < 4.78 is 15.6. The van der Waals surface area contributed by atoms with Crippen LogP contribution in [0.25, 0.3) is 0 Å². The van der Waals surface area contributed by atoms with Gasteiger partial charge in [0.2, 0.25) is 5.69 Å². The van der Waals surface area contributed by atoms with Gasteiger partial charge in [0.05, 0.1) is 20.4 Å². The van der Waals surface area contributed by atoms with Gasteiger partial charge in [-0.15, -0.1) is 0 Å². The largest absolute Gasteiger partial charge is 0.493 e. The molecule has 0 aliphatic heterocycles. The molecule has 0 atom stereocenters. The first kappa shape index (κ1) is 14.4. The summed E-state index contributed by atoms with van der Waals surface area (Å²) >= 11 is 0. The number of nitrogens with one attached hydrogen (secondary N) is 1. The molecule has 0 fully saturated rings. The van der Waals surface area contributed by atoms with Crippen molar-refractivity contribution in [2.24, 2.45) is 5.10 Å². The van der Waals surface area contributed by atoms with Gasteiger partial charge >= 0.3 is 0 Å². The summed E-state index contributed by atoms with van der Waals surface area (Å²) in [5.41, 5.74) is 3.61. The maximum atomic E-state index is 8.88. The van der Waals surface area contributed by atoms with Gasteiger partial charge in [0.25, 0.3) is 5.88 Å². The lowest BCUT2D eigenvalue weighted by molar-refractivity contribution is 0.355. The minimum Gasteiger partial charge on any atom is -0.493 e. The Bertz CT molecular complexity index is 701. The standard InChI is InChI=1S/C14H14N4O3/c1-9-17-11(7-15)14(21-9)18-16-8-10-4-5-12(19-2)13(6-10)20-3/h4-6,8,18H,1-3H3. The highest BCUT2D eigenvalue weighted by Gasteiger charge is 2.09. The highest BCUT2D eigenvalue weighted by atomic mass is 16.5. The van der Waals surface area contributed by atoms with E-state index < -0.39 is 0 Å². The molecule has 7 nitrogen and oxygen atoms in total. The highest BCUT2D eigenvalue weighted by Crippen LogP contribution is 2.26. The second-order valence-corrected chi connectivity index (χ2v) is 4.01. The molecule has 2 rings (SSSR count). The van der Waals surface area contributed by atoms with Gasteiger partial charge in [0.1, 0.15) is 6.07 Å². The third-order valence-electron chi connectivity index (χ3n) is 2.63. The van der Waals surface area contributed by atoms with Crippen molar-refractivity contribution >= 4 is 12.1 Å². The fourth-order valence-corrected chi connectivity index (χ4v) is 1.68. The van der Waals surface area contributed by atoms with Crippen LogP contribution in [0.5, 0.6) is 11.5 Å². The molecule has 0 unspecified atom stereocenters. The number of anilines is 1. The molecule has 108 valence electrons. The number of aromatic nitrogens is 1. The van der Waals surface area contributed by atoms with Gasteiger partial charge in [-0.05, 0) is 23.8 Å². The van der Waals surface area contributed by atoms with Gasteiger partial charge < -0.3 is 13.9 Å². The van der Waals surface area contributed by atoms with Gasteiger partial charge in [-0.2, -0.15) is 10.4 Å². The van der Waals surface area contributed by atoms with Gasteiger partial charge in [-0.25, -0.2) is 10.4 Å². The van der Waals surface area contributed by atoms with Crippen molar-refractivity contribution in [1.82, 2.24) is 4.98 Å². The van der Waals surface area contributed by atoms with E-state index in [0.717, 1.165) is 5.56 Å². The fourth-order valence-electron chi connectivity index (χ4n) is 1.68. The number of methoxy groups -OCH3 is 2. The van der Waals surface area contributed by atoms with E-state index in [0.29, 0.717) is 17.4 Å². The zero-order chi connectivity index (χ0) is 15.2. The summed E-state index contributed by atoms with van der Waals surface area (Å²) in [6.07, 6.45) is 1.57. The number of oxazole rings is 1. The molecule has 1 heterocycles. The third-order valence-corrected chi connectivity index (χ3v) is 2.63. The first-order valence-electron chi connectivity index (χ1n) is 6.06. The predicted molar refractivity (Wildman–Crippen MR) is 76.7 cm³/mol. The Kier molecular flexibility index (Phi) is 4.41. The van der Waals surface area contributed by atoms with Crippen LogP contribution >= 0.6 is 0 Å². The monoisotopic (exact) mass is 286 g/mol. The van der Waals surface area contributed by atoms with Gasteiger partial charge in [-0.1, -0.05) is 0 Å². The molecular formula is C14H14N4O3. The quantitative estimate of drug-likeness (QED) is 0.669. The molecule has 2 aromatic rings. The van der Waals surface area contributed by atoms with E-state index in [2.05, 4.69) is 15.5 Å². The molecular weight excluding hydrogens is 272 g/mol. The summed E-state index contributed by atoms with van der Waals surface area (Å²) in [6.45, 7) is 1.66. The van der Waals surface area contributed by atoms with Gasteiger partial charge in [-0.3, -0.25) is 0 Å². The molecule has 7 heteroatoms. The summed E-state index contributed by atoms with van der Waals surface area (Å²) in [5.74, 6) is 1.86. The van der Waals surface area contributed by atoms with Crippen molar-refractivity contribution < 1.29 is 13.9 Å². The predicted octanol–water partition coefficient (Wildman–Crippen LogP) is 2.32. The van der Waals surface area contributed by atoms with Crippen molar-refractivity contribution in [2.45, 2.75) is 6.92 Å². The minimum absolute atomic E-state index is 0.164. The third kappa shape index (κ3) is 3.30. The summed E-state index contributed by atoms with van der Waals surface area (Å²) in [7, 11) is 3.14. The van der Waals surface area contributed by atoms with Crippen LogP contribution in [0.2, 0.25) is 0 Å². The molecule has 0 bridgehead atoms. The molecule has 1 N–H and O–H groups in total. The molecule has 0 saturated carbocycles. The smallest absolute Gasteiger partial charge is 0.252 e. The summed E-state index contributed by atoms with van der Waals surface area (Å²) in [4.78, 5) is 3.90. The van der Waals surface area contributed by atoms with Crippen molar-refractivity contribution in [3.8, 4) is 17.6 Å². The van der Waals surface area contributed by atoms with E-state index >= 15 is 0 Å². The number of rotatable bonds is 5. The topological polar surface area (TPSA) is 92.7 Å². The second-order valence-electron chi connectivity index (χ2n) is 4.01. The Balaban J connectivity index is 2.13. The average molecular weight is 286 g/mol. The van der Waals surface area contributed by atoms with E-state index in [1.54, 1.807) is 39.5 Å². The Hall–Kier alpha value is -3.01. The Morgan fingerprint density at radius 2 is 2.10 bits per heavy atom.